The largest absolute Gasteiger partial charge is 0.493 e. The molecule has 1 rings (SSSR count). The van der Waals surface area contributed by atoms with Crippen LogP contribution in [0.15, 0.2) is 18.2 Å². The summed E-state index contributed by atoms with van der Waals surface area (Å²) in [6.07, 6.45) is 1.46. The van der Waals surface area contributed by atoms with Crippen molar-refractivity contribution in [3.8, 4) is 17.6 Å². The molecule has 0 aliphatic rings. The molecule has 0 saturated carbocycles. The summed E-state index contributed by atoms with van der Waals surface area (Å²) >= 11 is 0. The van der Waals surface area contributed by atoms with E-state index in [0.29, 0.717) is 43.9 Å². The van der Waals surface area contributed by atoms with Crippen molar-refractivity contribution in [1.29, 1.82) is 5.26 Å². The van der Waals surface area contributed by atoms with E-state index in [9.17, 15) is 9.59 Å². The predicted octanol–water partition coefficient (Wildman–Crippen LogP) is 1.17. The minimum Gasteiger partial charge on any atom is -0.493 e. The van der Waals surface area contributed by atoms with Crippen molar-refractivity contribution in [2.24, 2.45) is 0 Å². The molecule has 0 saturated heterocycles. The van der Waals surface area contributed by atoms with Crippen LogP contribution in [0, 0.1) is 11.3 Å². The summed E-state index contributed by atoms with van der Waals surface area (Å²) in [5, 5.41) is 13.7. The second-order valence-electron chi connectivity index (χ2n) is 5.08. The number of carbonyl (C=O) groups excluding carboxylic acids is 2. The van der Waals surface area contributed by atoms with Crippen LogP contribution in [0.4, 0.5) is 0 Å². The number of hydrogen-bond donors (Lipinski definition) is 2. The van der Waals surface area contributed by atoms with Crippen LogP contribution in [0.1, 0.15) is 24.8 Å². The maximum Gasteiger partial charge on any atom is 0.234 e. The van der Waals surface area contributed by atoms with Crippen molar-refractivity contribution in [3.05, 3.63) is 23.8 Å². The highest BCUT2D eigenvalue weighted by Crippen LogP contribution is 2.27. The highest BCUT2D eigenvalue weighted by Gasteiger charge is 2.07. The van der Waals surface area contributed by atoms with Gasteiger partial charge >= 0.3 is 0 Å². The first-order valence-corrected chi connectivity index (χ1v) is 7.72. The first kappa shape index (κ1) is 19.3. The molecule has 2 amide bonds. The van der Waals surface area contributed by atoms with E-state index in [1.54, 1.807) is 20.3 Å². The summed E-state index contributed by atoms with van der Waals surface area (Å²) in [5.74, 6) is 0.957. The fraction of sp³-hybridized carbons (Fsp3) is 0.471. The summed E-state index contributed by atoms with van der Waals surface area (Å²) < 4.78 is 10.4. The molecule has 0 bridgehead atoms. The van der Waals surface area contributed by atoms with Gasteiger partial charge in [-0.25, -0.2) is 0 Å². The van der Waals surface area contributed by atoms with Crippen molar-refractivity contribution < 1.29 is 19.1 Å². The van der Waals surface area contributed by atoms with Crippen LogP contribution in [-0.2, 0) is 16.0 Å². The van der Waals surface area contributed by atoms with Gasteiger partial charge in [0.25, 0.3) is 0 Å². The maximum absolute atomic E-state index is 11.8. The Bertz CT molecular complexity index is 596. The summed E-state index contributed by atoms with van der Waals surface area (Å²) in [5.41, 5.74) is 0.992. The lowest BCUT2D eigenvalue weighted by molar-refractivity contribution is -0.121. The van der Waals surface area contributed by atoms with Gasteiger partial charge in [0.1, 0.15) is 6.42 Å². The maximum atomic E-state index is 11.8. The Morgan fingerprint density at radius 1 is 1.08 bits per heavy atom. The molecule has 2 N–H and O–H groups in total. The van der Waals surface area contributed by atoms with E-state index >= 15 is 0 Å². The molecular weight excluding hydrogens is 310 g/mol. The summed E-state index contributed by atoms with van der Waals surface area (Å²) in [6, 6.07) is 7.35. The monoisotopic (exact) mass is 333 g/mol. The molecule has 0 unspecified atom stereocenters. The van der Waals surface area contributed by atoms with E-state index in [1.807, 2.05) is 18.2 Å². The lowest BCUT2D eigenvalue weighted by Gasteiger charge is -2.10. The number of nitrogens with zero attached hydrogens (tertiary/aromatic N) is 1. The van der Waals surface area contributed by atoms with E-state index in [4.69, 9.17) is 14.7 Å². The number of nitriles is 1. The Hall–Kier alpha value is -2.75. The molecule has 0 aliphatic carbocycles. The third-order valence-electron chi connectivity index (χ3n) is 3.33. The van der Waals surface area contributed by atoms with Crippen molar-refractivity contribution in [2.45, 2.75) is 25.7 Å². The molecule has 7 heteroatoms. The number of carbonyl (C=O) groups is 2. The molecule has 1 aromatic rings. The van der Waals surface area contributed by atoms with Gasteiger partial charge in [-0.2, -0.15) is 5.26 Å². The SMILES string of the molecule is COc1ccc(CCC(=O)NCCCNC(=O)CC#N)cc1OC. The minimum absolute atomic E-state index is 0.0480. The Morgan fingerprint density at radius 3 is 2.38 bits per heavy atom. The van der Waals surface area contributed by atoms with Crippen LogP contribution < -0.4 is 20.1 Å². The summed E-state index contributed by atoms with van der Waals surface area (Å²) in [7, 11) is 3.15. The van der Waals surface area contributed by atoms with Gasteiger partial charge in [-0.3, -0.25) is 9.59 Å². The van der Waals surface area contributed by atoms with Gasteiger partial charge in [0.15, 0.2) is 11.5 Å². The van der Waals surface area contributed by atoms with Gasteiger partial charge in [0, 0.05) is 19.5 Å². The van der Waals surface area contributed by atoms with Crippen LogP contribution in [0.25, 0.3) is 0 Å². The highest BCUT2D eigenvalue weighted by atomic mass is 16.5. The van der Waals surface area contributed by atoms with E-state index in [1.165, 1.54) is 0 Å². The molecule has 0 aliphatic heterocycles. The van der Waals surface area contributed by atoms with Crippen LogP contribution in [-0.4, -0.2) is 39.1 Å². The van der Waals surface area contributed by atoms with E-state index in [0.717, 1.165) is 5.56 Å². The standard InChI is InChI=1S/C17H23N3O4/c1-23-14-6-4-13(12-15(14)24-2)5-7-16(21)19-10-3-11-20-17(22)8-9-18/h4,6,12H,3,5,7-8,10-11H2,1-2H3,(H,19,21)(H,20,22). The summed E-state index contributed by atoms with van der Waals surface area (Å²) in [6.45, 7) is 0.925. The molecule has 24 heavy (non-hydrogen) atoms. The number of amides is 2. The minimum atomic E-state index is -0.294. The number of hydrogen-bond acceptors (Lipinski definition) is 5. The number of aryl methyl sites for hydroxylation is 1. The van der Waals surface area contributed by atoms with Gasteiger partial charge in [0.2, 0.25) is 11.8 Å². The van der Waals surface area contributed by atoms with E-state index in [-0.39, 0.29) is 18.2 Å². The van der Waals surface area contributed by atoms with Crippen molar-refractivity contribution in [1.82, 2.24) is 10.6 Å². The first-order valence-electron chi connectivity index (χ1n) is 7.72. The molecule has 0 radical (unpaired) electrons. The Balaban J connectivity index is 2.24. The fourth-order valence-corrected chi connectivity index (χ4v) is 2.06. The third-order valence-corrected chi connectivity index (χ3v) is 3.33. The predicted molar refractivity (Wildman–Crippen MR) is 88.7 cm³/mol. The molecule has 130 valence electrons. The lowest BCUT2D eigenvalue weighted by atomic mass is 10.1. The van der Waals surface area contributed by atoms with Gasteiger partial charge < -0.3 is 20.1 Å². The normalized spacial score (nSPS) is 9.71. The molecule has 1 aromatic carbocycles. The average Bonchev–Trinajstić information content (AvgIpc) is 2.59. The Kier molecular flexibility index (Phi) is 8.76. The Morgan fingerprint density at radius 2 is 1.75 bits per heavy atom. The van der Waals surface area contributed by atoms with E-state index < -0.39 is 0 Å². The second-order valence-corrected chi connectivity index (χ2v) is 5.08. The quantitative estimate of drug-likeness (QED) is 0.626. The van der Waals surface area contributed by atoms with Crippen LogP contribution in [0.5, 0.6) is 11.5 Å². The molecule has 0 spiro atoms. The molecular formula is C17H23N3O4. The second kappa shape index (κ2) is 10.9. The number of ether oxygens (including phenoxy) is 2. The molecule has 0 fully saturated rings. The zero-order valence-electron chi connectivity index (χ0n) is 14.1. The zero-order chi connectivity index (χ0) is 17.8. The van der Waals surface area contributed by atoms with Crippen LogP contribution >= 0.6 is 0 Å². The topological polar surface area (TPSA) is 100 Å². The third kappa shape index (κ3) is 7.01. The van der Waals surface area contributed by atoms with Crippen molar-refractivity contribution in [3.63, 3.8) is 0 Å². The van der Waals surface area contributed by atoms with E-state index in [2.05, 4.69) is 10.6 Å². The molecule has 0 atom stereocenters. The zero-order valence-corrected chi connectivity index (χ0v) is 14.1. The number of nitrogens with one attached hydrogen (secondary N) is 2. The number of rotatable bonds is 10. The van der Waals surface area contributed by atoms with Crippen molar-refractivity contribution >= 4 is 11.8 Å². The van der Waals surface area contributed by atoms with Gasteiger partial charge in [-0.15, -0.1) is 0 Å². The molecule has 7 nitrogen and oxygen atoms in total. The smallest absolute Gasteiger partial charge is 0.234 e. The number of benzene rings is 1. The highest BCUT2D eigenvalue weighted by molar-refractivity contribution is 5.78. The molecule has 0 heterocycles. The first-order chi connectivity index (χ1) is 11.6. The number of methoxy groups -OCH3 is 2. The molecule has 0 aromatic heterocycles. The van der Waals surface area contributed by atoms with Crippen LogP contribution in [0.3, 0.4) is 0 Å². The fourth-order valence-electron chi connectivity index (χ4n) is 2.06. The lowest BCUT2D eigenvalue weighted by Crippen LogP contribution is -2.29. The van der Waals surface area contributed by atoms with Gasteiger partial charge in [-0.1, -0.05) is 6.07 Å². The summed E-state index contributed by atoms with van der Waals surface area (Å²) in [4.78, 5) is 22.9. The average molecular weight is 333 g/mol. The van der Waals surface area contributed by atoms with Crippen molar-refractivity contribution in [2.75, 3.05) is 27.3 Å². The van der Waals surface area contributed by atoms with Gasteiger partial charge in [-0.05, 0) is 30.5 Å². The Labute approximate surface area is 141 Å². The van der Waals surface area contributed by atoms with Crippen LogP contribution in [0.2, 0.25) is 0 Å². The van der Waals surface area contributed by atoms with Gasteiger partial charge in [0.05, 0.1) is 20.3 Å².